The molecule has 1 atom stereocenters. The van der Waals surface area contributed by atoms with Crippen LogP contribution in [-0.4, -0.2) is 32.8 Å². The molecule has 124 valence electrons. The Hall–Kier alpha value is -1.73. The third-order valence-electron chi connectivity index (χ3n) is 3.25. The summed E-state index contributed by atoms with van der Waals surface area (Å²) < 4.78 is 34.6. The van der Waals surface area contributed by atoms with E-state index in [1.54, 1.807) is 12.1 Å². The molecule has 0 radical (unpaired) electrons. The lowest BCUT2D eigenvalue weighted by molar-refractivity contribution is -0.0214. The molecule has 0 saturated carbocycles. The molecule has 0 aliphatic carbocycles. The highest BCUT2D eigenvalue weighted by Gasteiger charge is 2.18. The number of aliphatic hydroxyl groups is 1. The van der Waals surface area contributed by atoms with Gasteiger partial charge in [-0.1, -0.05) is 48.0 Å². The standard InChI is InChI=1S/C17H20O5S/c1-14-7-9-17(10-8-14)23(19,20)22-13-16(11-18)21-12-15-5-3-2-4-6-15/h2-10,16,18H,11-13H2,1H3. The molecule has 0 fully saturated rings. The SMILES string of the molecule is Cc1ccc(S(=O)(=O)OCC(CO)OCc2ccccc2)cc1. The Morgan fingerprint density at radius 3 is 2.30 bits per heavy atom. The van der Waals surface area contributed by atoms with Gasteiger partial charge in [0.2, 0.25) is 0 Å². The maximum Gasteiger partial charge on any atom is 0.297 e. The van der Waals surface area contributed by atoms with Crippen molar-refractivity contribution in [1.82, 2.24) is 0 Å². The molecule has 23 heavy (non-hydrogen) atoms. The second-order valence-corrected chi connectivity index (χ2v) is 6.77. The van der Waals surface area contributed by atoms with Crippen LogP contribution in [0.5, 0.6) is 0 Å². The fourth-order valence-corrected chi connectivity index (χ4v) is 2.82. The van der Waals surface area contributed by atoms with Gasteiger partial charge in [-0.15, -0.1) is 0 Å². The maximum atomic E-state index is 12.1. The molecule has 0 aliphatic heterocycles. The average molecular weight is 336 g/mol. The van der Waals surface area contributed by atoms with Gasteiger partial charge in [0.15, 0.2) is 0 Å². The Labute approximate surface area is 136 Å². The van der Waals surface area contributed by atoms with Crippen LogP contribution in [0, 0.1) is 6.92 Å². The number of rotatable bonds is 8. The highest BCUT2D eigenvalue weighted by molar-refractivity contribution is 7.86. The highest BCUT2D eigenvalue weighted by Crippen LogP contribution is 2.14. The summed E-state index contributed by atoms with van der Waals surface area (Å²) in [5.74, 6) is 0. The summed E-state index contributed by atoms with van der Waals surface area (Å²) in [6.45, 7) is 1.59. The van der Waals surface area contributed by atoms with Gasteiger partial charge in [0.05, 0.1) is 24.7 Å². The lowest BCUT2D eigenvalue weighted by Gasteiger charge is -2.15. The predicted octanol–water partition coefficient (Wildman–Crippen LogP) is 2.28. The fourth-order valence-electron chi connectivity index (χ4n) is 1.88. The molecule has 0 bridgehead atoms. The molecule has 0 heterocycles. The second-order valence-electron chi connectivity index (χ2n) is 5.15. The van der Waals surface area contributed by atoms with Crippen molar-refractivity contribution >= 4 is 10.1 Å². The minimum absolute atomic E-state index is 0.0860. The van der Waals surface area contributed by atoms with E-state index in [1.165, 1.54) is 12.1 Å². The van der Waals surface area contributed by atoms with Crippen molar-refractivity contribution in [2.45, 2.75) is 24.5 Å². The van der Waals surface area contributed by atoms with E-state index in [2.05, 4.69) is 0 Å². The highest BCUT2D eigenvalue weighted by atomic mass is 32.2. The first-order valence-electron chi connectivity index (χ1n) is 7.24. The Morgan fingerprint density at radius 1 is 1.04 bits per heavy atom. The minimum Gasteiger partial charge on any atom is -0.394 e. The first kappa shape index (κ1) is 17.6. The van der Waals surface area contributed by atoms with Crippen molar-refractivity contribution in [3.8, 4) is 0 Å². The van der Waals surface area contributed by atoms with E-state index in [-0.39, 0.29) is 24.7 Å². The zero-order valence-electron chi connectivity index (χ0n) is 12.9. The summed E-state index contributed by atoms with van der Waals surface area (Å²) in [7, 11) is -3.86. The number of benzene rings is 2. The van der Waals surface area contributed by atoms with Crippen LogP contribution in [0.15, 0.2) is 59.5 Å². The van der Waals surface area contributed by atoms with Crippen molar-refractivity contribution in [2.75, 3.05) is 13.2 Å². The van der Waals surface area contributed by atoms with Gasteiger partial charge >= 0.3 is 0 Å². The van der Waals surface area contributed by atoms with Crippen LogP contribution in [-0.2, 0) is 25.6 Å². The van der Waals surface area contributed by atoms with Gasteiger partial charge in [-0.25, -0.2) is 0 Å². The first-order chi connectivity index (χ1) is 11.0. The van der Waals surface area contributed by atoms with Gasteiger partial charge < -0.3 is 9.84 Å². The molecule has 2 aromatic rings. The number of aryl methyl sites for hydroxylation is 1. The van der Waals surface area contributed by atoms with Crippen molar-refractivity contribution < 1.29 is 22.4 Å². The van der Waals surface area contributed by atoms with E-state index in [0.717, 1.165) is 11.1 Å². The zero-order chi connectivity index (χ0) is 16.7. The van der Waals surface area contributed by atoms with Gasteiger partial charge in [0.1, 0.15) is 6.10 Å². The normalized spacial score (nSPS) is 13.0. The van der Waals surface area contributed by atoms with Crippen LogP contribution in [0.1, 0.15) is 11.1 Å². The van der Waals surface area contributed by atoms with Gasteiger partial charge in [0, 0.05) is 0 Å². The average Bonchev–Trinajstić information content (AvgIpc) is 2.56. The molecule has 0 saturated heterocycles. The van der Waals surface area contributed by atoms with Gasteiger partial charge in [0.25, 0.3) is 10.1 Å². The Kier molecular flexibility index (Phi) is 6.29. The minimum atomic E-state index is -3.86. The third kappa shape index (κ3) is 5.44. The number of hydrogen-bond acceptors (Lipinski definition) is 5. The van der Waals surface area contributed by atoms with Crippen LogP contribution >= 0.6 is 0 Å². The molecule has 0 amide bonds. The number of aliphatic hydroxyl groups excluding tert-OH is 1. The maximum absolute atomic E-state index is 12.1. The zero-order valence-corrected chi connectivity index (χ0v) is 13.7. The Bertz CT molecular complexity index is 696. The molecule has 0 aromatic heterocycles. The summed E-state index contributed by atoms with van der Waals surface area (Å²) >= 11 is 0. The molecule has 6 heteroatoms. The fraction of sp³-hybridized carbons (Fsp3) is 0.294. The number of hydrogen-bond donors (Lipinski definition) is 1. The van der Waals surface area contributed by atoms with Gasteiger partial charge in [-0.3, -0.25) is 4.18 Å². The van der Waals surface area contributed by atoms with E-state index >= 15 is 0 Å². The molecule has 0 aliphatic rings. The number of ether oxygens (including phenoxy) is 1. The first-order valence-corrected chi connectivity index (χ1v) is 8.64. The van der Waals surface area contributed by atoms with E-state index < -0.39 is 16.2 Å². The van der Waals surface area contributed by atoms with Crippen LogP contribution in [0.3, 0.4) is 0 Å². The molecule has 5 nitrogen and oxygen atoms in total. The predicted molar refractivity (Wildman–Crippen MR) is 86.4 cm³/mol. The lowest BCUT2D eigenvalue weighted by atomic mass is 10.2. The van der Waals surface area contributed by atoms with Crippen molar-refractivity contribution in [3.63, 3.8) is 0 Å². The van der Waals surface area contributed by atoms with E-state index in [4.69, 9.17) is 8.92 Å². The molecule has 0 spiro atoms. The Morgan fingerprint density at radius 2 is 1.70 bits per heavy atom. The topological polar surface area (TPSA) is 72.8 Å². The summed E-state index contributed by atoms with van der Waals surface area (Å²) in [6.07, 6.45) is -0.713. The third-order valence-corrected chi connectivity index (χ3v) is 4.55. The summed E-state index contributed by atoms with van der Waals surface area (Å²) in [4.78, 5) is 0.0860. The summed E-state index contributed by atoms with van der Waals surface area (Å²) in [5, 5.41) is 9.31. The molecule has 1 N–H and O–H groups in total. The van der Waals surface area contributed by atoms with Crippen molar-refractivity contribution in [3.05, 3.63) is 65.7 Å². The second kappa shape index (κ2) is 8.21. The molecular formula is C17H20O5S. The molecular weight excluding hydrogens is 316 g/mol. The van der Waals surface area contributed by atoms with E-state index in [9.17, 15) is 13.5 Å². The quantitative estimate of drug-likeness (QED) is 0.749. The monoisotopic (exact) mass is 336 g/mol. The van der Waals surface area contributed by atoms with Gasteiger partial charge in [-0.2, -0.15) is 8.42 Å². The largest absolute Gasteiger partial charge is 0.394 e. The molecule has 2 rings (SSSR count). The van der Waals surface area contributed by atoms with Gasteiger partial charge in [-0.05, 0) is 24.6 Å². The molecule has 2 aromatic carbocycles. The lowest BCUT2D eigenvalue weighted by Crippen LogP contribution is -2.25. The van der Waals surface area contributed by atoms with Crippen LogP contribution in [0.25, 0.3) is 0 Å². The summed E-state index contributed by atoms with van der Waals surface area (Å²) in [6, 6.07) is 15.8. The Balaban J connectivity index is 1.90. The van der Waals surface area contributed by atoms with Crippen LogP contribution in [0.2, 0.25) is 0 Å². The summed E-state index contributed by atoms with van der Waals surface area (Å²) in [5.41, 5.74) is 1.90. The van der Waals surface area contributed by atoms with E-state index in [1.807, 2.05) is 37.3 Å². The van der Waals surface area contributed by atoms with Crippen molar-refractivity contribution in [2.24, 2.45) is 0 Å². The molecule has 1 unspecified atom stereocenters. The van der Waals surface area contributed by atoms with E-state index in [0.29, 0.717) is 0 Å². The van der Waals surface area contributed by atoms with Crippen molar-refractivity contribution in [1.29, 1.82) is 0 Å². The van der Waals surface area contributed by atoms with Crippen LogP contribution < -0.4 is 0 Å². The van der Waals surface area contributed by atoms with Crippen LogP contribution in [0.4, 0.5) is 0 Å². The smallest absolute Gasteiger partial charge is 0.297 e.